The van der Waals surface area contributed by atoms with E-state index in [4.69, 9.17) is 0 Å². The fraction of sp³-hybridized carbons (Fsp3) is 0.500. The monoisotopic (exact) mass is 304 g/mol. The summed E-state index contributed by atoms with van der Waals surface area (Å²) >= 11 is 0. The van der Waals surface area contributed by atoms with Crippen LogP contribution in [0.25, 0.3) is 0 Å². The number of nitrogens with one attached hydrogen (secondary N) is 2. The van der Waals surface area contributed by atoms with Gasteiger partial charge in [-0.05, 0) is 12.6 Å². The van der Waals surface area contributed by atoms with Crippen LogP contribution in [0.2, 0.25) is 0 Å². The van der Waals surface area contributed by atoms with E-state index in [0.717, 1.165) is 18.7 Å². The van der Waals surface area contributed by atoms with Crippen molar-refractivity contribution in [2.45, 2.75) is 12.5 Å². The average Bonchev–Trinajstić information content (AvgIpc) is 2.55. The average molecular weight is 304 g/mol. The first-order valence-corrected chi connectivity index (χ1v) is 7.59. The van der Waals surface area contributed by atoms with Crippen LogP contribution in [0.5, 0.6) is 0 Å². The molecule has 1 aliphatic rings. The Balaban J connectivity index is 1.97. The third kappa shape index (κ3) is 4.46. The summed E-state index contributed by atoms with van der Waals surface area (Å²) in [5.41, 5.74) is 1.02. The van der Waals surface area contributed by atoms with Crippen molar-refractivity contribution in [1.82, 2.24) is 20.4 Å². The molecule has 6 heteroatoms. The lowest BCUT2D eigenvalue weighted by Gasteiger charge is -2.33. The zero-order chi connectivity index (χ0) is 15.9. The predicted molar refractivity (Wildman–Crippen MR) is 85.6 cm³/mol. The first-order chi connectivity index (χ1) is 10.6. The van der Waals surface area contributed by atoms with E-state index in [9.17, 15) is 9.59 Å². The molecule has 6 nitrogen and oxygen atoms in total. The topological polar surface area (TPSA) is 64.7 Å². The summed E-state index contributed by atoms with van der Waals surface area (Å²) in [5.74, 6) is -0.175. The number of carbonyl (C=O) groups excluding carboxylic acids is 2. The molecular formula is C16H24N4O2. The van der Waals surface area contributed by atoms with Gasteiger partial charge >= 0.3 is 6.03 Å². The Morgan fingerprint density at radius 2 is 1.77 bits per heavy atom. The highest BCUT2D eigenvalue weighted by Gasteiger charge is 2.25. The molecule has 1 aliphatic heterocycles. The lowest BCUT2D eigenvalue weighted by atomic mass is 10.1. The standard InChI is InChI=1S/C16H24N4O2/c1-17-15(21)14(12-13-6-4-3-5-7-13)18-16(22)20-10-8-19(2)9-11-20/h3-7,14H,8-12H2,1-2H3,(H,17,21)(H,18,22). The normalized spacial score (nSPS) is 16.9. The summed E-state index contributed by atoms with van der Waals surface area (Å²) in [6.07, 6.45) is 0.486. The van der Waals surface area contributed by atoms with E-state index in [1.54, 1.807) is 11.9 Å². The van der Waals surface area contributed by atoms with Crippen LogP contribution in [-0.4, -0.2) is 68.1 Å². The Morgan fingerprint density at radius 3 is 2.36 bits per heavy atom. The zero-order valence-corrected chi connectivity index (χ0v) is 13.2. The molecule has 0 aromatic heterocycles. The Hall–Kier alpha value is -2.08. The molecule has 0 saturated carbocycles. The van der Waals surface area contributed by atoms with Gasteiger partial charge < -0.3 is 20.4 Å². The van der Waals surface area contributed by atoms with Crippen molar-refractivity contribution in [2.24, 2.45) is 0 Å². The number of urea groups is 1. The third-order valence-corrected chi connectivity index (χ3v) is 3.93. The van der Waals surface area contributed by atoms with Crippen LogP contribution in [-0.2, 0) is 11.2 Å². The maximum absolute atomic E-state index is 12.3. The van der Waals surface area contributed by atoms with Gasteiger partial charge in [0.2, 0.25) is 5.91 Å². The number of piperazine rings is 1. The quantitative estimate of drug-likeness (QED) is 0.841. The van der Waals surface area contributed by atoms with Gasteiger partial charge in [0.25, 0.3) is 0 Å². The zero-order valence-electron chi connectivity index (χ0n) is 13.2. The van der Waals surface area contributed by atoms with Crippen molar-refractivity contribution in [3.05, 3.63) is 35.9 Å². The Kier molecular flexibility index (Phi) is 5.77. The largest absolute Gasteiger partial charge is 0.357 e. The summed E-state index contributed by atoms with van der Waals surface area (Å²) in [6, 6.07) is 8.98. The van der Waals surface area contributed by atoms with Crippen LogP contribution >= 0.6 is 0 Å². The number of rotatable bonds is 4. The molecular weight excluding hydrogens is 280 g/mol. The van der Waals surface area contributed by atoms with Gasteiger partial charge in [-0.1, -0.05) is 30.3 Å². The van der Waals surface area contributed by atoms with Crippen molar-refractivity contribution in [1.29, 1.82) is 0 Å². The van der Waals surface area contributed by atoms with Gasteiger partial charge in [0.05, 0.1) is 0 Å². The maximum Gasteiger partial charge on any atom is 0.318 e. The van der Waals surface area contributed by atoms with E-state index in [-0.39, 0.29) is 11.9 Å². The third-order valence-electron chi connectivity index (χ3n) is 3.93. The maximum atomic E-state index is 12.3. The Morgan fingerprint density at radius 1 is 1.14 bits per heavy atom. The molecule has 1 heterocycles. The molecule has 2 rings (SSSR count). The summed E-state index contributed by atoms with van der Waals surface area (Å²) in [4.78, 5) is 28.3. The second-order valence-corrected chi connectivity index (χ2v) is 5.60. The molecule has 0 bridgehead atoms. The lowest BCUT2D eigenvalue weighted by Crippen LogP contribution is -2.55. The first kappa shape index (κ1) is 16.3. The predicted octanol–water partition coefficient (Wildman–Crippen LogP) is 0.301. The molecule has 0 aliphatic carbocycles. The SMILES string of the molecule is CNC(=O)C(Cc1ccccc1)NC(=O)N1CCN(C)CC1. The van der Waals surface area contributed by atoms with Crippen molar-refractivity contribution >= 4 is 11.9 Å². The molecule has 2 N–H and O–H groups in total. The van der Waals surface area contributed by atoms with Gasteiger partial charge in [-0.2, -0.15) is 0 Å². The van der Waals surface area contributed by atoms with Crippen molar-refractivity contribution in [3.8, 4) is 0 Å². The number of nitrogens with zero attached hydrogens (tertiary/aromatic N) is 2. The molecule has 1 saturated heterocycles. The van der Waals surface area contributed by atoms with Gasteiger partial charge in [-0.3, -0.25) is 4.79 Å². The molecule has 0 spiro atoms. The number of hydrogen-bond donors (Lipinski definition) is 2. The number of amides is 3. The first-order valence-electron chi connectivity index (χ1n) is 7.59. The van der Waals surface area contributed by atoms with E-state index in [0.29, 0.717) is 19.5 Å². The molecule has 1 aromatic carbocycles. The van der Waals surface area contributed by atoms with E-state index in [1.165, 1.54) is 0 Å². The molecule has 1 aromatic rings. The minimum Gasteiger partial charge on any atom is -0.357 e. The Labute approximate surface area is 131 Å². The molecule has 1 atom stereocenters. The van der Waals surface area contributed by atoms with Gasteiger partial charge in [-0.15, -0.1) is 0 Å². The number of carbonyl (C=O) groups is 2. The van der Waals surface area contributed by atoms with Gasteiger partial charge in [0, 0.05) is 39.6 Å². The van der Waals surface area contributed by atoms with Crippen molar-refractivity contribution in [2.75, 3.05) is 40.3 Å². The molecule has 0 radical (unpaired) electrons. The van der Waals surface area contributed by atoms with Crippen LogP contribution in [0, 0.1) is 0 Å². The molecule has 22 heavy (non-hydrogen) atoms. The Bertz CT molecular complexity index is 498. The molecule has 1 fully saturated rings. The molecule has 3 amide bonds. The summed E-state index contributed by atoms with van der Waals surface area (Å²) < 4.78 is 0. The number of benzene rings is 1. The van der Waals surface area contributed by atoms with E-state index in [1.807, 2.05) is 37.4 Å². The smallest absolute Gasteiger partial charge is 0.318 e. The number of likely N-dealkylation sites (N-methyl/N-ethyl adjacent to an activating group) is 2. The second kappa shape index (κ2) is 7.79. The van der Waals surface area contributed by atoms with Crippen LogP contribution < -0.4 is 10.6 Å². The van der Waals surface area contributed by atoms with E-state index in [2.05, 4.69) is 15.5 Å². The van der Waals surface area contributed by atoms with Crippen LogP contribution in [0.3, 0.4) is 0 Å². The lowest BCUT2D eigenvalue weighted by molar-refractivity contribution is -0.122. The van der Waals surface area contributed by atoms with Gasteiger partial charge in [0.1, 0.15) is 6.04 Å². The second-order valence-electron chi connectivity index (χ2n) is 5.60. The minimum absolute atomic E-state index is 0.169. The highest BCUT2D eigenvalue weighted by molar-refractivity contribution is 5.87. The van der Waals surface area contributed by atoms with E-state index >= 15 is 0 Å². The van der Waals surface area contributed by atoms with Crippen LogP contribution in [0.15, 0.2) is 30.3 Å². The minimum atomic E-state index is -0.556. The van der Waals surface area contributed by atoms with Gasteiger partial charge in [-0.25, -0.2) is 4.79 Å². The van der Waals surface area contributed by atoms with Gasteiger partial charge in [0.15, 0.2) is 0 Å². The van der Waals surface area contributed by atoms with Crippen molar-refractivity contribution in [3.63, 3.8) is 0 Å². The highest BCUT2D eigenvalue weighted by Crippen LogP contribution is 2.05. The van der Waals surface area contributed by atoms with Crippen molar-refractivity contribution < 1.29 is 9.59 Å². The summed E-state index contributed by atoms with van der Waals surface area (Å²) in [7, 11) is 3.63. The fourth-order valence-corrected chi connectivity index (χ4v) is 2.48. The fourth-order valence-electron chi connectivity index (χ4n) is 2.48. The summed E-state index contributed by atoms with van der Waals surface area (Å²) in [6.45, 7) is 3.09. The molecule has 120 valence electrons. The van der Waals surface area contributed by atoms with E-state index < -0.39 is 6.04 Å². The summed E-state index contributed by atoms with van der Waals surface area (Å²) in [5, 5.41) is 5.48. The van der Waals surface area contributed by atoms with Crippen LogP contribution in [0.1, 0.15) is 5.56 Å². The van der Waals surface area contributed by atoms with Crippen LogP contribution in [0.4, 0.5) is 4.79 Å². The highest BCUT2D eigenvalue weighted by atomic mass is 16.2. The number of hydrogen-bond acceptors (Lipinski definition) is 3. The molecule has 1 unspecified atom stereocenters.